The van der Waals surface area contributed by atoms with Crippen molar-refractivity contribution in [3.63, 3.8) is 0 Å². The van der Waals surface area contributed by atoms with Crippen molar-refractivity contribution in [3.8, 4) is 5.75 Å². The number of carbonyl (C=O) groups excluding carboxylic acids is 3. The van der Waals surface area contributed by atoms with Crippen molar-refractivity contribution < 1.29 is 23.5 Å². The molecule has 0 saturated carbocycles. The molecule has 3 heterocycles. The first-order chi connectivity index (χ1) is 21.2. The third-order valence-electron chi connectivity index (χ3n) is 8.19. The van der Waals surface area contributed by atoms with E-state index in [0.29, 0.717) is 56.3 Å². The van der Waals surface area contributed by atoms with Crippen molar-refractivity contribution in [1.29, 1.82) is 0 Å². The Balaban J connectivity index is 1.37. The molecular weight excluding hydrogens is 558 g/mol. The van der Waals surface area contributed by atoms with Crippen LogP contribution in [0.25, 0.3) is 10.9 Å². The number of hydrogen-bond donors (Lipinski definition) is 3. The van der Waals surface area contributed by atoms with Crippen LogP contribution in [0.15, 0.2) is 71.5 Å². The number of carbonyl (C=O) groups is 3. The van der Waals surface area contributed by atoms with Crippen LogP contribution < -0.4 is 15.4 Å². The summed E-state index contributed by atoms with van der Waals surface area (Å²) in [6.07, 6.45) is 4.44. The number of anilines is 1. The molecule has 2 aromatic heterocycles. The molecule has 0 aliphatic carbocycles. The maximum atomic E-state index is 14.1. The second kappa shape index (κ2) is 13.8. The number of para-hydroxylation sites is 1. The molecule has 10 nitrogen and oxygen atoms in total. The second-order valence-corrected chi connectivity index (χ2v) is 11.6. The molecule has 1 fully saturated rings. The number of rotatable bonds is 11. The van der Waals surface area contributed by atoms with Crippen LogP contribution in [0.2, 0.25) is 0 Å². The van der Waals surface area contributed by atoms with Gasteiger partial charge in [0.25, 0.3) is 0 Å². The first-order valence-corrected chi connectivity index (χ1v) is 15.2. The van der Waals surface area contributed by atoms with Crippen LogP contribution in [-0.4, -0.2) is 72.3 Å². The zero-order chi connectivity index (χ0) is 31.2. The average Bonchev–Trinajstić information content (AvgIpc) is 3.71. The zero-order valence-corrected chi connectivity index (χ0v) is 25.8. The number of Topliss-reactive ketones (excluding diaryl/α,β-unsaturated/α-hetero) is 1. The highest BCUT2D eigenvalue weighted by atomic mass is 16.5. The lowest BCUT2D eigenvalue weighted by Gasteiger charge is -2.33. The lowest BCUT2D eigenvalue weighted by molar-refractivity contribution is -0.118. The molecule has 5 rings (SSSR count). The van der Waals surface area contributed by atoms with Gasteiger partial charge in [-0.25, -0.2) is 4.79 Å². The summed E-state index contributed by atoms with van der Waals surface area (Å²) in [7, 11) is 3.97. The van der Waals surface area contributed by atoms with Gasteiger partial charge in [0.15, 0.2) is 5.76 Å². The van der Waals surface area contributed by atoms with E-state index in [9.17, 15) is 14.4 Å². The molecule has 0 radical (unpaired) electrons. The molecule has 0 bridgehead atoms. The minimum atomic E-state index is -0.892. The number of amides is 3. The van der Waals surface area contributed by atoms with Crippen molar-refractivity contribution in [1.82, 2.24) is 20.1 Å². The van der Waals surface area contributed by atoms with Crippen molar-refractivity contribution in [3.05, 3.63) is 83.9 Å². The van der Waals surface area contributed by atoms with Gasteiger partial charge in [0.2, 0.25) is 11.7 Å². The maximum Gasteiger partial charge on any atom is 0.318 e. The van der Waals surface area contributed by atoms with E-state index in [4.69, 9.17) is 9.15 Å². The zero-order valence-electron chi connectivity index (χ0n) is 25.8. The monoisotopic (exact) mass is 599 g/mol. The summed E-state index contributed by atoms with van der Waals surface area (Å²) in [6.45, 7) is 5.78. The summed E-state index contributed by atoms with van der Waals surface area (Å²) < 4.78 is 11.1. The molecule has 3 N–H and O–H groups in total. The highest BCUT2D eigenvalue weighted by Crippen LogP contribution is 2.31. The van der Waals surface area contributed by atoms with Gasteiger partial charge in [-0.1, -0.05) is 31.2 Å². The Morgan fingerprint density at radius 2 is 1.86 bits per heavy atom. The number of nitrogens with one attached hydrogen (secondary N) is 3. The number of furan rings is 1. The number of urea groups is 1. The van der Waals surface area contributed by atoms with Gasteiger partial charge in [0, 0.05) is 48.6 Å². The Bertz CT molecular complexity index is 1590. The van der Waals surface area contributed by atoms with Crippen LogP contribution in [0.3, 0.4) is 0 Å². The summed E-state index contributed by atoms with van der Waals surface area (Å²) in [5, 5.41) is 7.10. The molecule has 232 valence electrons. The van der Waals surface area contributed by atoms with Gasteiger partial charge in [-0.15, -0.1) is 0 Å². The summed E-state index contributed by atoms with van der Waals surface area (Å²) in [5.74, 6) is -0.0480. The Morgan fingerprint density at radius 1 is 1.09 bits per heavy atom. The third kappa shape index (κ3) is 6.97. The number of aromatic nitrogens is 1. The molecule has 3 amide bonds. The van der Waals surface area contributed by atoms with E-state index in [0.717, 1.165) is 22.0 Å². The van der Waals surface area contributed by atoms with Crippen molar-refractivity contribution >= 4 is 34.3 Å². The second-order valence-electron chi connectivity index (χ2n) is 11.6. The molecule has 2 aromatic carbocycles. The Morgan fingerprint density at radius 3 is 2.57 bits per heavy atom. The van der Waals surface area contributed by atoms with Gasteiger partial charge >= 0.3 is 6.03 Å². The fraction of sp³-hybridized carbons (Fsp3) is 0.382. The predicted octanol–water partition coefficient (Wildman–Crippen LogP) is 5.64. The smallest absolute Gasteiger partial charge is 0.318 e. The molecule has 0 unspecified atom stereocenters. The molecule has 2 atom stereocenters. The number of fused-ring (bicyclic) bond motifs is 1. The van der Waals surface area contributed by atoms with Gasteiger partial charge < -0.3 is 34.6 Å². The average molecular weight is 600 g/mol. The lowest BCUT2D eigenvalue weighted by Crippen LogP contribution is -2.53. The minimum absolute atomic E-state index is 0.0399. The van der Waals surface area contributed by atoms with E-state index >= 15 is 0 Å². The highest BCUT2D eigenvalue weighted by Gasteiger charge is 2.34. The number of H-pyrrole nitrogens is 1. The van der Waals surface area contributed by atoms with E-state index in [-0.39, 0.29) is 29.6 Å². The van der Waals surface area contributed by atoms with E-state index in [1.165, 1.54) is 6.26 Å². The molecule has 44 heavy (non-hydrogen) atoms. The molecular formula is C34H41N5O5. The molecule has 1 aliphatic heterocycles. The predicted molar refractivity (Wildman–Crippen MR) is 170 cm³/mol. The van der Waals surface area contributed by atoms with Crippen LogP contribution in [-0.2, 0) is 11.3 Å². The number of hydrogen-bond acceptors (Lipinski definition) is 6. The Hall–Kier alpha value is -4.57. The molecule has 1 aliphatic rings. The lowest BCUT2D eigenvalue weighted by atomic mass is 9.91. The largest absolute Gasteiger partial charge is 0.492 e. The van der Waals surface area contributed by atoms with E-state index in [2.05, 4.69) is 20.5 Å². The van der Waals surface area contributed by atoms with Gasteiger partial charge in [-0.2, -0.15) is 0 Å². The van der Waals surface area contributed by atoms with Gasteiger partial charge in [-0.05, 0) is 75.3 Å². The van der Waals surface area contributed by atoms with Gasteiger partial charge in [0.1, 0.15) is 11.8 Å². The number of ketones is 1. The molecule has 1 saturated heterocycles. The number of likely N-dealkylation sites (tertiary alicyclic amines) is 1. The first kappa shape index (κ1) is 30.9. The summed E-state index contributed by atoms with van der Waals surface area (Å²) in [6, 6.07) is 15.8. The summed E-state index contributed by atoms with van der Waals surface area (Å²) in [4.78, 5) is 47.5. The van der Waals surface area contributed by atoms with Crippen LogP contribution in [0, 0.1) is 5.92 Å². The van der Waals surface area contributed by atoms with Crippen molar-refractivity contribution in [2.24, 2.45) is 5.92 Å². The van der Waals surface area contributed by atoms with Crippen LogP contribution in [0.1, 0.15) is 54.3 Å². The quantitative estimate of drug-likeness (QED) is 0.192. The minimum Gasteiger partial charge on any atom is -0.492 e. The topological polar surface area (TPSA) is 120 Å². The number of aromatic amines is 1. The molecule has 4 aromatic rings. The van der Waals surface area contributed by atoms with Crippen LogP contribution >= 0.6 is 0 Å². The van der Waals surface area contributed by atoms with Crippen molar-refractivity contribution in [2.75, 3.05) is 39.1 Å². The van der Waals surface area contributed by atoms with E-state index in [1.807, 2.05) is 76.6 Å². The standard InChI is InChI=1S/C34H41N5O5/c1-5-43-29-13-12-23(21-38(3)4)19-28(29)36-33(41)31(22(2)26-20-35-27-10-7-6-9-25(26)27)37-34(42)39-16-14-24(15-17-39)32(40)30-11-8-18-44-30/h6-13,18-20,22,24,31,35H,5,14-17,21H2,1-4H3,(H,36,41)(H,37,42)/t22-,31+/m0/s1. The molecule has 0 spiro atoms. The fourth-order valence-electron chi connectivity index (χ4n) is 5.89. The molecule has 10 heteroatoms. The summed E-state index contributed by atoms with van der Waals surface area (Å²) >= 11 is 0. The van der Waals surface area contributed by atoms with E-state index in [1.54, 1.807) is 17.0 Å². The highest BCUT2D eigenvalue weighted by molar-refractivity contribution is 5.99. The summed E-state index contributed by atoms with van der Waals surface area (Å²) in [5.41, 5.74) is 3.46. The first-order valence-electron chi connectivity index (χ1n) is 15.2. The Labute approximate surface area is 257 Å². The third-order valence-corrected chi connectivity index (χ3v) is 8.19. The van der Waals surface area contributed by atoms with Crippen LogP contribution in [0.4, 0.5) is 10.5 Å². The van der Waals surface area contributed by atoms with Gasteiger partial charge in [0.05, 0.1) is 18.6 Å². The van der Waals surface area contributed by atoms with Crippen LogP contribution in [0.5, 0.6) is 5.75 Å². The van der Waals surface area contributed by atoms with E-state index < -0.39 is 6.04 Å². The number of piperidine rings is 1. The fourth-order valence-corrected chi connectivity index (χ4v) is 5.89. The van der Waals surface area contributed by atoms with Gasteiger partial charge in [-0.3, -0.25) is 9.59 Å². The van der Waals surface area contributed by atoms with Crippen molar-refractivity contribution in [2.45, 2.75) is 45.2 Å². The number of nitrogens with zero attached hydrogens (tertiary/aromatic N) is 2. The SMILES string of the molecule is CCOc1ccc(CN(C)C)cc1NC(=O)[C@H](NC(=O)N1CCC(C(=O)c2ccco2)CC1)[C@@H](C)c1c[nH]c2ccccc12. The number of benzene rings is 2. The number of ether oxygens (including phenoxy) is 1. The normalized spacial score (nSPS) is 15.2. The Kier molecular flexibility index (Phi) is 9.69. The maximum absolute atomic E-state index is 14.1.